The first-order valence-electron chi connectivity index (χ1n) is 3.28. The second-order valence-electron chi connectivity index (χ2n) is 2.55. The highest BCUT2D eigenvalue weighted by molar-refractivity contribution is 5.85. The van der Waals surface area contributed by atoms with Crippen molar-refractivity contribution in [1.29, 1.82) is 0 Å². The maximum atomic E-state index is 13.0. The van der Waals surface area contributed by atoms with Gasteiger partial charge in [0.1, 0.15) is 0 Å². The van der Waals surface area contributed by atoms with Crippen LogP contribution in [0.15, 0.2) is 0 Å². The summed E-state index contributed by atoms with van der Waals surface area (Å²) in [4.78, 5) is 10.3. The Morgan fingerprint density at radius 3 is 2.55 bits per heavy atom. The molecular formula is C6H11ClFNO2. The van der Waals surface area contributed by atoms with E-state index >= 15 is 0 Å². The molecule has 0 aliphatic carbocycles. The molecule has 1 unspecified atom stereocenters. The molecule has 0 aromatic heterocycles. The molecule has 0 radical (unpaired) electrons. The number of carboxylic acids is 1. The zero-order valence-electron chi connectivity index (χ0n) is 5.97. The van der Waals surface area contributed by atoms with Gasteiger partial charge in [-0.1, -0.05) is 0 Å². The van der Waals surface area contributed by atoms with E-state index in [4.69, 9.17) is 5.11 Å². The van der Waals surface area contributed by atoms with E-state index in [1.807, 2.05) is 0 Å². The molecule has 3 nitrogen and oxygen atoms in total. The molecule has 1 rings (SSSR count). The highest BCUT2D eigenvalue weighted by Crippen LogP contribution is 2.20. The molecular weight excluding hydrogens is 173 g/mol. The molecule has 0 bridgehead atoms. The largest absolute Gasteiger partial charge is 0.479 e. The Balaban J connectivity index is 0.000001000. The van der Waals surface area contributed by atoms with Crippen molar-refractivity contribution in [3.8, 4) is 0 Å². The molecule has 0 amide bonds. The Bertz CT molecular complexity index is 148. The van der Waals surface area contributed by atoms with Gasteiger partial charge in [0.05, 0.1) is 0 Å². The van der Waals surface area contributed by atoms with Gasteiger partial charge in [-0.2, -0.15) is 0 Å². The lowest BCUT2D eigenvalue weighted by Gasteiger charge is -2.25. The first-order chi connectivity index (χ1) is 4.65. The Hall–Kier alpha value is -0.350. The minimum atomic E-state index is -2.02. The van der Waals surface area contributed by atoms with Crippen molar-refractivity contribution in [3.05, 3.63) is 0 Å². The van der Waals surface area contributed by atoms with Crippen LogP contribution >= 0.6 is 12.4 Å². The number of halogens is 2. The van der Waals surface area contributed by atoms with Crippen molar-refractivity contribution < 1.29 is 14.3 Å². The molecule has 0 saturated carbocycles. The van der Waals surface area contributed by atoms with E-state index in [0.717, 1.165) is 6.54 Å². The average molecular weight is 184 g/mol. The number of aliphatic carboxylic acids is 1. The molecule has 11 heavy (non-hydrogen) atoms. The van der Waals surface area contributed by atoms with Gasteiger partial charge in [0.15, 0.2) is 0 Å². The predicted molar refractivity (Wildman–Crippen MR) is 40.8 cm³/mol. The van der Waals surface area contributed by atoms with Crippen LogP contribution in [0.3, 0.4) is 0 Å². The second kappa shape index (κ2) is 3.88. The maximum absolute atomic E-state index is 13.0. The summed E-state index contributed by atoms with van der Waals surface area (Å²) in [5.41, 5.74) is -2.02. The fourth-order valence-electron chi connectivity index (χ4n) is 1.05. The molecule has 2 N–H and O–H groups in total. The number of nitrogens with one attached hydrogen (secondary N) is 1. The molecule has 1 atom stereocenters. The molecule has 1 heterocycles. The van der Waals surface area contributed by atoms with Gasteiger partial charge in [-0.05, 0) is 19.4 Å². The van der Waals surface area contributed by atoms with Crippen LogP contribution in [0, 0.1) is 0 Å². The zero-order chi connectivity index (χ0) is 7.61. The highest BCUT2D eigenvalue weighted by Gasteiger charge is 2.39. The summed E-state index contributed by atoms with van der Waals surface area (Å²) in [7, 11) is 0. The van der Waals surface area contributed by atoms with Crippen LogP contribution < -0.4 is 5.32 Å². The number of carboxylic acid groups (broad SMARTS) is 1. The highest BCUT2D eigenvalue weighted by atomic mass is 35.5. The first-order valence-corrected chi connectivity index (χ1v) is 3.28. The van der Waals surface area contributed by atoms with Crippen LogP contribution in [0.5, 0.6) is 0 Å². The summed E-state index contributed by atoms with van der Waals surface area (Å²) in [5, 5.41) is 11.1. The molecule has 1 aliphatic rings. The van der Waals surface area contributed by atoms with E-state index in [1.54, 1.807) is 0 Å². The lowest BCUT2D eigenvalue weighted by atomic mass is 9.97. The third-order valence-electron chi connectivity index (χ3n) is 1.72. The fraction of sp³-hybridized carbons (Fsp3) is 0.833. The van der Waals surface area contributed by atoms with Crippen molar-refractivity contribution in [2.45, 2.75) is 18.5 Å². The molecule has 5 heteroatoms. The molecule has 0 aromatic rings. The lowest BCUT2D eigenvalue weighted by molar-refractivity contribution is -0.152. The molecule has 66 valence electrons. The van der Waals surface area contributed by atoms with Gasteiger partial charge in [0.2, 0.25) is 5.67 Å². The summed E-state index contributed by atoms with van der Waals surface area (Å²) in [6.45, 7) is 0.668. The molecule has 1 fully saturated rings. The smallest absolute Gasteiger partial charge is 0.342 e. The first kappa shape index (κ1) is 10.7. The van der Waals surface area contributed by atoms with Crippen molar-refractivity contribution in [2.24, 2.45) is 0 Å². The van der Waals surface area contributed by atoms with Crippen LogP contribution in [0.2, 0.25) is 0 Å². The van der Waals surface area contributed by atoms with Gasteiger partial charge in [-0.25, -0.2) is 9.18 Å². The van der Waals surface area contributed by atoms with E-state index in [-0.39, 0.29) is 25.4 Å². The van der Waals surface area contributed by atoms with Crippen LogP contribution in [0.1, 0.15) is 12.8 Å². The summed E-state index contributed by atoms with van der Waals surface area (Å²) in [6.07, 6.45) is 0.734. The second-order valence-corrected chi connectivity index (χ2v) is 2.55. The van der Waals surface area contributed by atoms with Crippen molar-refractivity contribution in [3.63, 3.8) is 0 Å². The molecule has 0 spiro atoms. The monoisotopic (exact) mass is 183 g/mol. The minimum Gasteiger partial charge on any atom is -0.479 e. The SMILES string of the molecule is Cl.O=C(O)C1(F)CCCNC1. The summed E-state index contributed by atoms with van der Waals surface area (Å²) in [5.74, 6) is -1.35. The minimum absolute atomic E-state index is 0. The molecule has 0 aromatic carbocycles. The standard InChI is InChI=1S/C6H10FNO2.ClH/c7-6(5(9)10)2-1-3-8-4-6;/h8H,1-4H2,(H,9,10);1H. The number of alkyl halides is 1. The third kappa shape index (κ3) is 2.31. The summed E-state index contributed by atoms with van der Waals surface area (Å²) >= 11 is 0. The Labute approximate surface area is 70.4 Å². The van der Waals surface area contributed by atoms with Crippen LogP contribution in [0.25, 0.3) is 0 Å². The van der Waals surface area contributed by atoms with E-state index < -0.39 is 11.6 Å². The molecule has 1 saturated heterocycles. The summed E-state index contributed by atoms with van der Waals surface area (Å²) in [6, 6.07) is 0. The van der Waals surface area contributed by atoms with E-state index in [0.29, 0.717) is 6.42 Å². The number of carbonyl (C=O) groups is 1. The topological polar surface area (TPSA) is 49.3 Å². The van der Waals surface area contributed by atoms with Gasteiger partial charge in [-0.3, -0.25) is 0 Å². The van der Waals surface area contributed by atoms with Gasteiger partial charge >= 0.3 is 5.97 Å². The van der Waals surface area contributed by atoms with Crippen LogP contribution in [-0.4, -0.2) is 29.8 Å². The van der Waals surface area contributed by atoms with Crippen molar-refractivity contribution in [1.82, 2.24) is 5.32 Å². The van der Waals surface area contributed by atoms with Gasteiger partial charge in [-0.15, -0.1) is 12.4 Å². The Kier molecular flexibility index (Phi) is 3.75. The summed E-state index contributed by atoms with van der Waals surface area (Å²) < 4.78 is 13.0. The average Bonchev–Trinajstić information content (AvgIpc) is 1.89. The maximum Gasteiger partial charge on any atom is 0.342 e. The van der Waals surface area contributed by atoms with Gasteiger partial charge in [0.25, 0.3) is 0 Å². The Morgan fingerprint density at radius 2 is 2.27 bits per heavy atom. The Morgan fingerprint density at radius 1 is 1.64 bits per heavy atom. The van der Waals surface area contributed by atoms with E-state index in [1.165, 1.54) is 0 Å². The third-order valence-corrected chi connectivity index (χ3v) is 1.72. The predicted octanol–water partition coefficient (Wildman–Crippen LogP) is 0.585. The van der Waals surface area contributed by atoms with Gasteiger partial charge < -0.3 is 10.4 Å². The zero-order valence-corrected chi connectivity index (χ0v) is 6.79. The van der Waals surface area contributed by atoms with Crippen LogP contribution in [0.4, 0.5) is 4.39 Å². The molecule has 1 aliphatic heterocycles. The fourth-order valence-corrected chi connectivity index (χ4v) is 1.05. The van der Waals surface area contributed by atoms with Crippen molar-refractivity contribution >= 4 is 18.4 Å². The lowest BCUT2D eigenvalue weighted by Crippen LogP contribution is -2.47. The normalized spacial score (nSPS) is 30.6. The van der Waals surface area contributed by atoms with Crippen molar-refractivity contribution in [2.75, 3.05) is 13.1 Å². The number of hydrogen-bond donors (Lipinski definition) is 2. The van der Waals surface area contributed by atoms with E-state index in [2.05, 4.69) is 5.32 Å². The van der Waals surface area contributed by atoms with E-state index in [9.17, 15) is 9.18 Å². The number of rotatable bonds is 1. The van der Waals surface area contributed by atoms with Gasteiger partial charge in [0, 0.05) is 6.54 Å². The number of piperidine rings is 1. The quantitative estimate of drug-likeness (QED) is 0.626. The number of hydrogen-bond acceptors (Lipinski definition) is 2. The van der Waals surface area contributed by atoms with Crippen LogP contribution in [-0.2, 0) is 4.79 Å².